The molecule has 0 unspecified atom stereocenters. The van der Waals surface area contributed by atoms with Gasteiger partial charge in [0.2, 0.25) is 0 Å². The van der Waals surface area contributed by atoms with Gasteiger partial charge in [0.15, 0.2) is 11.7 Å². The zero-order chi connectivity index (χ0) is 8.43. The van der Waals surface area contributed by atoms with Crippen molar-refractivity contribution >= 4 is 18.2 Å². The van der Waals surface area contributed by atoms with E-state index in [4.69, 9.17) is 11.1 Å². The average molecular weight is 187 g/mol. The van der Waals surface area contributed by atoms with Gasteiger partial charge in [-0.2, -0.15) is 0 Å². The maximum atomic E-state index is 7.08. The second-order valence-corrected chi connectivity index (χ2v) is 2.39. The van der Waals surface area contributed by atoms with Crippen LogP contribution < -0.4 is 5.73 Å². The molecule has 0 fully saturated rings. The van der Waals surface area contributed by atoms with Crippen molar-refractivity contribution in [2.75, 3.05) is 0 Å². The van der Waals surface area contributed by atoms with Crippen LogP contribution in [0.3, 0.4) is 0 Å². The summed E-state index contributed by atoms with van der Waals surface area (Å²) in [7, 11) is 0. The van der Waals surface area contributed by atoms with Crippen LogP contribution in [-0.2, 0) is 0 Å². The molecule has 66 valence electrons. The van der Waals surface area contributed by atoms with Crippen molar-refractivity contribution < 1.29 is 0 Å². The van der Waals surface area contributed by atoms with Crippen LogP contribution in [0.2, 0.25) is 0 Å². The molecule has 1 heterocycles. The molecule has 0 spiro atoms. The second-order valence-electron chi connectivity index (χ2n) is 2.39. The molecule has 3 N–H and O–H groups in total. The number of halogens is 1. The Kier molecular flexibility index (Phi) is 3.63. The van der Waals surface area contributed by atoms with Crippen LogP contribution in [0, 0.1) is 19.3 Å². The lowest BCUT2D eigenvalue weighted by atomic mass is 10.3. The number of rotatable bonds is 1. The van der Waals surface area contributed by atoms with Gasteiger partial charge in [-0.3, -0.25) is 5.41 Å². The van der Waals surface area contributed by atoms with Crippen LogP contribution in [0.25, 0.3) is 0 Å². The van der Waals surface area contributed by atoms with Gasteiger partial charge in [-0.05, 0) is 19.9 Å². The first-order valence-corrected chi connectivity index (χ1v) is 3.26. The third kappa shape index (κ3) is 2.47. The van der Waals surface area contributed by atoms with E-state index in [2.05, 4.69) is 9.97 Å². The summed E-state index contributed by atoms with van der Waals surface area (Å²) in [5.41, 5.74) is 6.88. The van der Waals surface area contributed by atoms with Crippen LogP contribution >= 0.6 is 12.4 Å². The minimum atomic E-state index is -0.0863. The summed E-state index contributed by atoms with van der Waals surface area (Å²) in [5, 5.41) is 7.08. The molecule has 0 saturated carbocycles. The van der Waals surface area contributed by atoms with Crippen molar-refractivity contribution in [2.45, 2.75) is 13.8 Å². The summed E-state index contributed by atoms with van der Waals surface area (Å²) >= 11 is 0. The van der Waals surface area contributed by atoms with Crippen molar-refractivity contribution in [1.82, 2.24) is 9.97 Å². The number of nitrogens with zero attached hydrogens (tertiary/aromatic N) is 2. The molecule has 0 aromatic carbocycles. The molecule has 0 saturated heterocycles. The summed E-state index contributed by atoms with van der Waals surface area (Å²) in [5.74, 6) is 0.222. The van der Waals surface area contributed by atoms with E-state index in [1.165, 1.54) is 0 Å². The average Bonchev–Trinajstić information content (AvgIpc) is 1.85. The van der Waals surface area contributed by atoms with Gasteiger partial charge in [-0.1, -0.05) is 0 Å². The number of aromatic nitrogens is 2. The number of aryl methyl sites for hydroxylation is 2. The van der Waals surface area contributed by atoms with Gasteiger partial charge in [0.1, 0.15) is 0 Å². The lowest BCUT2D eigenvalue weighted by Gasteiger charge is -1.99. The number of amidine groups is 1. The molecule has 1 aromatic rings. The summed E-state index contributed by atoms with van der Waals surface area (Å²) in [4.78, 5) is 7.95. The fourth-order valence-electron chi connectivity index (χ4n) is 0.846. The highest BCUT2D eigenvalue weighted by Gasteiger charge is 2.00. The van der Waals surface area contributed by atoms with Gasteiger partial charge in [0, 0.05) is 11.4 Å². The molecule has 1 aromatic heterocycles. The molecular formula is C7H11ClN4. The molecule has 5 heteroatoms. The SMILES string of the molecule is Cc1cc(C)nc(C(=N)N)n1.Cl. The van der Waals surface area contributed by atoms with Gasteiger partial charge in [-0.25, -0.2) is 9.97 Å². The Balaban J connectivity index is 0.00000121. The molecule has 0 atom stereocenters. The van der Waals surface area contributed by atoms with Gasteiger partial charge >= 0.3 is 0 Å². The Morgan fingerprint density at radius 1 is 1.33 bits per heavy atom. The van der Waals surface area contributed by atoms with E-state index < -0.39 is 0 Å². The number of hydrogen-bond acceptors (Lipinski definition) is 3. The van der Waals surface area contributed by atoms with Crippen molar-refractivity contribution in [3.05, 3.63) is 23.3 Å². The lowest BCUT2D eigenvalue weighted by Crippen LogP contribution is -2.16. The number of nitrogens with two attached hydrogens (primary N) is 1. The van der Waals surface area contributed by atoms with E-state index >= 15 is 0 Å². The first-order valence-electron chi connectivity index (χ1n) is 3.26. The predicted octanol–water partition coefficient (Wildman–Crippen LogP) is 0.799. The molecule has 4 nitrogen and oxygen atoms in total. The van der Waals surface area contributed by atoms with Crippen molar-refractivity contribution in [3.8, 4) is 0 Å². The third-order valence-electron chi connectivity index (χ3n) is 1.22. The molecule has 0 aliphatic rings. The minimum Gasteiger partial charge on any atom is -0.381 e. The maximum absolute atomic E-state index is 7.08. The summed E-state index contributed by atoms with van der Waals surface area (Å²) in [6, 6.07) is 1.84. The quantitative estimate of drug-likeness (QED) is 0.503. The van der Waals surface area contributed by atoms with Crippen LogP contribution in [0.4, 0.5) is 0 Å². The maximum Gasteiger partial charge on any atom is 0.194 e. The third-order valence-corrected chi connectivity index (χ3v) is 1.22. The largest absolute Gasteiger partial charge is 0.381 e. The Hall–Kier alpha value is -1.16. The van der Waals surface area contributed by atoms with Crippen LogP contribution in [0.5, 0.6) is 0 Å². The number of hydrogen-bond donors (Lipinski definition) is 2. The topological polar surface area (TPSA) is 75.7 Å². The highest BCUT2D eigenvalue weighted by atomic mass is 35.5. The standard InChI is InChI=1S/C7H10N4.ClH/c1-4-3-5(2)11-7(10-4)6(8)9;/h3H,1-2H3,(H3,8,9);1H. The van der Waals surface area contributed by atoms with E-state index in [-0.39, 0.29) is 18.2 Å². The molecule has 0 radical (unpaired) electrons. The first kappa shape index (κ1) is 10.8. The smallest absolute Gasteiger partial charge is 0.194 e. The predicted molar refractivity (Wildman–Crippen MR) is 49.8 cm³/mol. The number of nitrogen functional groups attached to an aromatic ring is 1. The fraction of sp³-hybridized carbons (Fsp3) is 0.286. The molecule has 0 amide bonds. The molecular weight excluding hydrogens is 176 g/mol. The van der Waals surface area contributed by atoms with Crippen LogP contribution in [0.15, 0.2) is 6.07 Å². The van der Waals surface area contributed by atoms with Crippen molar-refractivity contribution in [3.63, 3.8) is 0 Å². The Labute approximate surface area is 77.1 Å². The molecule has 0 bridgehead atoms. The second kappa shape index (κ2) is 4.01. The van der Waals surface area contributed by atoms with Crippen molar-refractivity contribution in [1.29, 1.82) is 5.41 Å². The first-order chi connectivity index (χ1) is 5.09. The highest BCUT2D eigenvalue weighted by Crippen LogP contribution is 1.97. The van der Waals surface area contributed by atoms with E-state index in [9.17, 15) is 0 Å². The highest BCUT2D eigenvalue weighted by molar-refractivity contribution is 5.91. The summed E-state index contributed by atoms with van der Waals surface area (Å²) in [6.07, 6.45) is 0. The molecule has 1 rings (SSSR count). The van der Waals surface area contributed by atoms with Crippen LogP contribution in [-0.4, -0.2) is 15.8 Å². The van der Waals surface area contributed by atoms with Gasteiger partial charge in [0.25, 0.3) is 0 Å². The van der Waals surface area contributed by atoms with E-state index in [0.29, 0.717) is 5.82 Å². The fourth-order valence-corrected chi connectivity index (χ4v) is 0.846. The normalized spacial score (nSPS) is 8.83. The van der Waals surface area contributed by atoms with E-state index in [1.807, 2.05) is 19.9 Å². The van der Waals surface area contributed by atoms with E-state index in [0.717, 1.165) is 11.4 Å². The Morgan fingerprint density at radius 2 is 1.75 bits per heavy atom. The monoisotopic (exact) mass is 186 g/mol. The van der Waals surface area contributed by atoms with Crippen LogP contribution in [0.1, 0.15) is 17.2 Å². The zero-order valence-corrected chi connectivity index (χ0v) is 7.77. The Bertz CT molecular complexity index is 277. The molecule has 12 heavy (non-hydrogen) atoms. The summed E-state index contributed by atoms with van der Waals surface area (Å²) in [6.45, 7) is 3.70. The van der Waals surface area contributed by atoms with E-state index in [1.54, 1.807) is 0 Å². The number of nitrogens with one attached hydrogen (secondary N) is 1. The summed E-state index contributed by atoms with van der Waals surface area (Å²) < 4.78 is 0. The lowest BCUT2D eigenvalue weighted by molar-refractivity contribution is 1.02. The molecule has 0 aliphatic carbocycles. The Morgan fingerprint density at radius 3 is 2.08 bits per heavy atom. The van der Waals surface area contributed by atoms with Crippen molar-refractivity contribution in [2.24, 2.45) is 5.73 Å². The zero-order valence-electron chi connectivity index (χ0n) is 6.96. The van der Waals surface area contributed by atoms with Gasteiger partial charge in [-0.15, -0.1) is 12.4 Å². The van der Waals surface area contributed by atoms with Gasteiger partial charge < -0.3 is 5.73 Å². The van der Waals surface area contributed by atoms with Gasteiger partial charge in [0.05, 0.1) is 0 Å². The minimum absolute atomic E-state index is 0. The molecule has 0 aliphatic heterocycles.